The Morgan fingerprint density at radius 3 is 2.79 bits per heavy atom. The average Bonchev–Trinajstić information content (AvgIpc) is 2.65. The zero-order valence-electron chi connectivity index (χ0n) is 16.2. The standard InChI is InChI=1S/C22H23ClFN3O/c1-4-6-15(16(23)8-9-24)20-19-17(11-22(2,3)12-18(19)28)26-21(27-20)14-7-5-10-25-13-14/h4-10,13,20H,11-12H2,1-3H3,(H,26,27)/b6-4-,9-8+,16-15-. The lowest BCUT2D eigenvalue weighted by molar-refractivity contribution is -0.118. The van der Waals surface area contributed by atoms with Crippen molar-refractivity contribution in [3.8, 4) is 0 Å². The number of allylic oxidation sites excluding steroid dienone is 4. The van der Waals surface area contributed by atoms with Crippen LogP contribution in [0, 0.1) is 5.41 Å². The van der Waals surface area contributed by atoms with E-state index in [0.717, 1.165) is 11.3 Å². The van der Waals surface area contributed by atoms with Crippen molar-refractivity contribution in [1.82, 2.24) is 10.3 Å². The van der Waals surface area contributed by atoms with Crippen molar-refractivity contribution in [3.05, 3.63) is 76.5 Å². The first kappa shape index (κ1) is 20.2. The molecule has 1 aromatic rings. The second-order valence-electron chi connectivity index (χ2n) is 7.68. The summed E-state index contributed by atoms with van der Waals surface area (Å²) in [6.45, 7) is 5.99. The number of aromatic nitrogens is 1. The molecule has 0 saturated carbocycles. The Balaban J connectivity index is 2.20. The largest absolute Gasteiger partial charge is 0.343 e. The highest BCUT2D eigenvalue weighted by Crippen LogP contribution is 2.41. The molecule has 0 saturated heterocycles. The van der Waals surface area contributed by atoms with Crippen LogP contribution in [0.25, 0.3) is 0 Å². The highest BCUT2D eigenvalue weighted by atomic mass is 35.5. The molecule has 146 valence electrons. The van der Waals surface area contributed by atoms with Crippen molar-refractivity contribution in [1.29, 1.82) is 0 Å². The van der Waals surface area contributed by atoms with Crippen LogP contribution < -0.4 is 5.32 Å². The van der Waals surface area contributed by atoms with E-state index in [1.807, 2.05) is 25.1 Å². The van der Waals surface area contributed by atoms with Crippen LogP contribution in [-0.2, 0) is 4.79 Å². The number of pyridine rings is 1. The number of nitrogens with one attached hydrogen (secondary N) is 1. The first-order valence-electron chi connectivity index (χ1n) is 9.17. The molecule has 1 N–H and O–H groups in total. The van der Waals surface area contributed by atoms with E-state index in [4.69, 9.17) is 16.6 Å². The summed E-state index contributed by atoms with van der Waals surface area (Å²) in [5.41, 5.74) is 2.69. The monoisotopic (exact) mass is 399 g/mol. The molecule has 0 fully saturated rings. The van der Waals surface area contributed by atoms with E-state index in [2.05, 4.69) is 24.1 Å². The van der Waals surface area contributed by atoms with Gasteiger partial charge < -0.3 is 5.32 Å². The second-order valence-corrected chi connectivity index (χ2v) is 8.08. The van der Waals surface area contributed by atoms with Crippen molar-refractivity contribution in [2.24, 2.45) is 10.4 Å². The van der Waals surface area contributed by atoms with Gasteiger partial charge in [-0.2, -0.15) is 0 Å². The third-order valence-electron chi connectivity index (χ3n) is 4.78. The number of halogens is 2. The van der Waals surface area contributed by atoms with Gasteiger partial charge in [0.2, 0.25) is 0 Å². The maximum absolute atomic E-state index is 13.0. The number of carbonyl (C=O) groups is 1. The first-order valence-corrected chi connectivity index (χ1v) is 9.54. The molecule has 2 aliphatic rings. The summed E-state index contributed by atoms with van der Waals surface area (Å²) in [7, 11) is 0. The molecule has 2 heterocycles. The molecule has 0 bridgehead atoms. The van der Waals surface area contributed by atoms with Crippen LogP contribution in [0.4, 0.5) is 4.39 Å². The summed E-state index contributed by atoms with van der Waals surface area (Å²) in [6, 6.07) is 3.13. The molecule has 0 radical (unpaired) electrons. The third-order valence-corrected chi connectivity index (χ3v) is 5.13. The van der Waals surface area contributed by atoms with E-state index in [1.165, 1.54) is 6.08 Å². The highest BCUT2D eigenvalue weighted by molar-refractivity contribution is 6.32. The van der Waals surface area contributed by atoms with Gasteiger partial charge in [0.05, 0.1) is 6.33 Å². The molecule has 3 rings (SSSR count). The first-order chi connectivity index (χ1) is 13.4. The van der Waals surface area contributed by atoms with Gasteiger partial charge >= 0.3 is 0 Å². The number of ketones is 1. The molecule has 1 atom stereocenters. The Kier molecular flexibility index (Phi) is 5.94. The number of nitrogens with zero attached hydrogens (tertiary/aromatic N) is 2. The fourth-order valence-corrected chi connectivity index (χ4v) is 3.85. The van der Waals surface area contributed by atoms with Gasteiger partial charge in [0, 0.05) is 40.7 Å². The van der Waals surface area contributed by atoms with Gasteiger partial charge in [-0.3, -0.25) is 14.8 Å². The molecule has 1 aliphatic heterocycles. The van der Waals surface area contributed by atoms with Crippen LogP contribution in [-0.4, -0.2) is 22.6 Å². The minimum absolute atomic E-state index is 0.0356. The summed E-state index contributed by atoms with van der Waals surface area (Å²) in [5, 5.41) is 3.56. The van der Waals surface area contributed by atoms with E-state index >= 15 is 0 Å². The second kappa shape index (κ2) is 8.23. The topological polar surface area (TPSA) is 54.4 Å². The molecular weight excluding hydrogens is 377 g/mol. The molecule has 4 nitrogen and oxygen atoms in total. The molecular formula is C22H23ClFN3O. The third kappa shape index (κ3) is 4.14. The van der Waals surface area contributed by atoms with Gasteiger partial charge in [-0.15, -0.1) is 0 Å². The Labute approximate surface area is 169 Å². The van der Waals surface area contributed by atoms with Crippen molar-refractivity contribution >= 4 is 23.2 Å². The van der Waals surface area contributed by atoms with E-state index < -0.39 is 6.04 Å². The summed E-state index contributed by atoms with van der Waals surface area (Å²) in [4.78, 5) is 22.0. The summed E-state index contributed by atoms with van der Waals surface area (Å²) < 4.78 is 12.8. The maximum atomic E-state index is 13.0. The highest BCUT2D eigenvalue weighted by Gasteiger charge is 2.40. The minimum atomic E-state index is -0.602. The predicted octanol–water partition coefficient (Wildman–Crippen LogP) is 5.00. The van der Waals surface area contributed by atoms with Gasteiger partial charge in [0.15, 0.2) is 5.78 Å². The number of rotatable bonds is 4. The molecule has 1 aliphatic carbocycles. The van der Waals surface area contributed by atoms with Crippen molar-refractivity contribution in [2.75, 3.05) is 0 Å². The Hall–Kier alpha value is -2.53. The summed E-state index contributed by atoms with van der Waals surface area (Å²) >= 11 is 6.35. The van der Waals surface area contributed by atoms with Gasteiger partial charge in [0.25, 0.3) is 0 Å². The molecule has 1 unspecified atom stereocenters. The minimum Gasteiger partial charge on any atom is -0.343 e. The van der Waals surface area contributed by atoms with Crippen molar-refractivity contribution in [2.45, 2.75) is 39.7 Å². The SMILES string of the molecule is C\C=C/C(=C(Cl)\C=C\F)C1N=C(c2cccnc2)NC2=C1C(=O)CC(C)(C)C2. The number of hydrogen-bond acceptors (Lipinski definition) is 4. The van der Waals surface area contributed by atoms with Gasteiger partial charge in [-0.25, -0.2) is 4.39 Å². The normalized spacial score (nSPS) is 22.8. The number of carbonyl (C=O) groups excluding carboxylic acids is 1. The molecule has 6 heteroatoms. The zero-order chi connectivity index (χ0) is 20.3. The number of Topliss-reactive ketones (excluding diaryl/α,β-unsaturated/α-hetero) is 1. The Morgan fingerprint density at radius 2 is 2.14 bits per heavy atom. The molecule has 0 aromatic carbocycles. The van der Waals surface area contributed by atoms with E-state index in [0.29, 0.717) is 36.2 Å². The quantitative estimate of drug-likeness (QED) is 0.725. The van der Waals surface area contributed by atoms with E-state index in [1.54, 1.807) is 18.5 Å². The van der Waals surface area contributed by atoms with Crippen LogP contribution in [0.5, 0.6) is 0 Å². The van der Waals surface area contributed by atoms with Crippen LogP contribution in [0.3, 0.4) is 0 Å². The number of hydrogen-bond donors (Lipinski definition) is 1. The van der Waals surface area contributed by atoms with E-state index in [9.17, 15) is 9.18 Å². The lowest BCUT2D eigenvalue weighted by atomic mass is 9.73. The van der Waals surface area contributed by atoms with Crippen molar-refractivity contribution in [3.63, 3.8) is 0 Å². The van der Waals surface area contributed by atoms with Crippen LogP contribution in [0.15, 0.2) is 76.0 Å². The van der Waals surface area contributed by atoms with Gasteiger partial charge in [0.1, 0.15) is 11.9 Å². The number of aliphatic imine (C=N–C) groups is 1. The fourth-order valence-electron chi connectivity index (χ4n) is 3.64. The lowest BCUT2D eigenvalue weighted by Crippen LogP contribution is -2.42. The fraction of sp³-hybridized carbons (Fsp3) is 0.318. The summed E-state index contributed by atoms with van der Waals surface area (Å²) in [6.07, 6.45) is 9.70. The van der Waals surface area contributed by atoms with Gasteiger partial charge in [-0.05, 0) is 42.5 Å². The maximum Gasteiger partial charge on any atom is 0.163 e. The smallest absolute Gasteiger partial charge is 0.163 e. The van der Waals surface area contributed by atoms with Gasteiger partial charge in [-0.1, -0.05) is 37.6 Å². The van der Waals surface area contributed by atoms with E-state index in [-0.39, 0.29) is 16.2 Å². The van der Waals surface area contributed by atoms with Crippen LogP contribution in [0.1, 0.15) is 39.2 Å². The van der Waals surface area contributed by atoms with Crippen molar-refractivity contribution < 1.29 is 9.18 Å². The number of amidine groups is 1. The molecule has 28 heavy (non-hydrogen) atoms. The Bertz CT molecular complexity index is 926. The predicted molar refractivity (Wildman–Crippen MR) is 111 cm³/mol. The molecule has 0 amide bonds. The molecule has 0 spiro atoms. The van der Waals surface area contributed by atoms with Crippen LogP contribution >= 0.6 is 11.6 Å². The lowest BCUT2D eigenvalue weighted by Gasteiger charge is -2.37. The average molecular weight is 400 g/mol. The van der Waals surface area contributed by atoms with Crippen LogP contribution in [0.2, 0.25) is 0 Å². The summed E-state index contributed by atoms with van der Waals surface area (Å²) in [5.74, 6) is 0.659. The molecule has 1 aromatic heterocycles. The zero-order valence-corrected chi connectivity index (χ0v) is 16.9. The Morgan fingerprint density at radius 1 is 1.36 bits per heavy atom.